The molecule has 0 aromatic carbocycles. The van der Waals surface area contributed by atoms with E-state index in [1.165, 1.54) is 0 Å². The van der Waals surface area contributed by atoms with Crippen molar-refractivity contribution in [1.82, 2.24) is 14.8 Å². The van der Waals surface area contributed by atoms with E-state index in [1.54, 1.807) is 22.0 Å². The molecule has 3 rings (SSSR count). The monoisotopic (exact) mass is 298 g/mol. The maximum Gasteiger partial charge on any atom is 0.290 e. The Balaban J connectivity index is 1.83. The number of fused-ring (bicyclic) bond motifs is 1. The molecule has 0 radical (unpaired) electrons. The molecule has 0 saturated heterocycles. The van der Waals surface area contributed by atoms with E-state index in [4.69, 9.17) is 0 Å². The van der Waals surface area contributed by atoms with Crippen molar-refractivity contribution >= 4 is 29.1 Å². The fourth-order valence-electron chi connectivity index (χ4n) is 2.11. The van der Waals surface area contributed by atoms with Crippen LogP contribution in [0.15, 0.2) is 40.9 Å². The van der Waals surface area contributed by atoms with Gasteiger partial charge in [0.2, 0.25) is 0 Å². The number of pyridine rings is 1. The fraction of sp³-hybridized carbons (Fsp3) is 0.133. The Morgan fingerprint density at radius 2 is 2.24 bits per heavy atom. The quantitative estimate of drug-likeness (QED) is 0.597. The minimum atomic E-state index is -0.267. The van der Waals surface area contributed by atoms with Crippen LogP contribution in [0.2, 0.25) is 0 Å². The van der Waals surface area contributed by atoms with Gasteiger partial charge in [-0.2, -0.15) is 5.10 Å². The molecule has 0 atom stereocenters. The van der Waals surface area contributed by atoms with Gasteiger partial charge in [0.05, 0.1) is 11.9 Å². The number of rotatable bonds is 3. The Labute approximate surface area is 126 Å². The summed E-state index contributed by atoms with van der Waals surface area (Å²) in [5.74, 6) is -0.267. The van der Waals surface area contributed by atoms with Gasteiger partial charge in [0, 0.05) is 11.1 Å². The maximum atomic E-state index is 12.3. The Hall–Kier alpha value is -2.47. The summed E-state index contributed by atoms with van der Waals surface area (Å²) >= 11 is 1.59. The molecule has 3 aromatic rings. The maximum absolute atomic E-state index is 12.3. The lowest BCUT2D eigenvalue weighted by Gasteiger charge is -2.01. The van der Waals surface area contributed by atoms with Crippen molar-refractivity contribution in [2.24, 2.45) is 5.10 Å². The first-order valence-electron chi connectivity index (χ1n) is 6.48. The van der Waals surface area contributed by atoms with Crippen molar-refractivity contribution in [3.63, 3.8) is 0 Å². The second-order valence-electron chi connectivity index (χ2n) is 4.64. The Morgan fingerprint density at radius 1 is 1.38 bits per heavy atom. The number of thiophene rings is 1. The van der Waals surface area contributed by atoms with Crippen LogP contribution in [0, 0.1) is 13.8 Å². The first-order valence-corrected chi connectivity index (χ1v) is 7.36. The van der Waals surface area contributed by atoms with Crippen molar-refractivity contribution < 1.29 is 4.79 Å². The number of imidazole rings is 1. The summed E-state index contributed by atoms with van der Waals surface area (Å²) in [7, 11) is 0. The number of carbonyl (C=O) groups excluding carboxylic acids is 1. The molecule has 0 fully saturated rings. The van der Waals surface area contributed by atoms with Gasteiger partial charge < -0.3 is 0 Å². The number of aromatic nitrogens is 2. The topological polar surface area (TPSA) is 58.8 Å². The van der Waals surface area contributed by atoms with Crippen LogP contribution in [0.5, 0.6) is 0 Å². The van der Waals surface area contributed by atoms with Gasteiger partial charge in [-0.05, 0) is 43.0 Å². The van der Waals surface area contributed by atoms with Gasteiger partial charge in [0.1, 0.15) is 11.3 Å². The van der Waals surface area contributed by atoms with E-state index in [2.05, 4.69) is 15.5 Å². The third-order valence-corrected chi connectivity index (χ3v) is 4.12. The first kappa shape index (κ1) is 13.5. The average molecular weight is 298 g/mol. The van der Waals surface area contributed by atoms with Crippen LogP contribution in [0.4, 0.5) is 0 Å². The average Bonchev–Trinajstić information content (AvgIpc) is 3.01. The first-order chi connectivity index (χ1) is 10.2. The molecule has 0 saturated carbocycles. The lowest BCUT2D eigenvalue weighted by atomic mass is 10.3. The summed E-state index contributed by atoms with van der Waals surface area (Å²) in [5.41, 5.74) is 5.64. The van der Waals surface area contributed by atoms with Gasteiger partial charge in [-0.3, -0.25) is 9.20 Å². The van der Waals surface area contributed by atoms with E-state index in [0.717, 1.165) is 16.1 Å². The highest BCUT2D eigenvalue weighted by Gasteiger charge is 2.15. The number of hydrogen-bond acceptors (Lipinski definition) is 4. The Morgan fingerprint density at radius 3 is 3.00 bits per heavy atom. The molecule has 1 N–H and O–H groups in total. The smallest absolute Gasteiger partial charge is 0.290 e. The second-order valence-corrected chi connectivity index (χ2v) is 5.59. The summed E-state index contributed by atoms with van der Waals surface area (Å²) in [6, 6.07) is 7.63. The minimum absolute atomic E-state index is 0.267. The molecule has 3 aromatic heterocycles. The van der Waals surface area contributed by atoms with Crippen LogP contribution in [-0.4, -0.2) is 21.5 Å². The molecule has 0 spiro atoms. The van der Waals surface area contributed by atoms with Gasteiger partial charge in [-0.25, -0.2) is 10.4 Å². The van der Waals surface area contributed by atoms with Crippen LogP contribution in [0.25, 0.3) is 5.65 Å². The molecule has 106 valence electrons. The van der Waals surface area contributed by atoms with Crippen LogP contribution >= 0.6 is 11.3 Å². The Kier molecular flexibility index (Phi) is 3.53. The van der Waals surface area contributed by atoms with Crippen molar-refractivity contribution in [3.8, 4) is 0 Å². The summed E-state index contributed by atoms with van der Waals surface area (Å²) in [4.78, 5) is 17.7. The molecular formula is C15H14N4OS. The lowest BCUT2D eigenvalue weighted by Crippen LogP contribution is -2.20. The summed E-state index contributed by atoms with van der Waals surface area (Å²) in [6.07, 6.45) is 3.48. The number of nitrogens with one attached hydrogen (secondary N) is 1. The second kappa shape index (κ2) is 5.49. The molecule has 1 amide bonds. The van der Waals surface area contributed by atoms with Crippen molar-refractivity contribution in [3.05, 3.63) is 57.7 Å². The highest BCUT2D eigenvalue weighted by atomic mass is 32.1. The van der Waals surface area contributed by atoms with E-state index in [9.17, 15) is 4.79 Å². The molecular weight excluding hydrogens is 284 g/mol. The molecule has 0 aliphatic heterocycles. The van der Waals surface area contributed by atoms with Gasteiger partial charge in [-0.1, -0.05) is 6.07 Å². The van der Waals surface area contributed by atoms with Crippen LogP contribution in [-0.2, 0) is 0 Å². The van der Waals surface area contributed by atoms with E-state index in [1.807, 2.05) is 49.7 Å². The zero-order chi connectivity index (χ0) is 14.8. The molecule has 21 heavy (non-hydrogen) atoms. The largest absolute Gasteiger partial charge is 0.295 e. The number of amides is 1. The summed E-state index contributed by atoms with van der Waals surface area (Å²) in [6.45, 7) is 3.82. The molecule has 0 aliphatic rings. The molecule has 0 unspecified atom stereocenters. The summed E-state index contributed by atoms with van der Waals surface area (Å²) in [5, 5.41) is 6.02. The molecule has 0 aliphatic carbocycles. The minimum Gasteiger partial charge on any atom is -0.295 e. The van der Waals surface area contributed by atoms with Crippen molar-refractivity contribution in [2.75, 3.05) is 0 Å². The number of carbonyl (C=O) groups is 1. The third-order valence-electron chi connectivity index (χ3n) is 3.17. The number of nitrogens with zero attached hydrogens (tertiary/aromatic N) is 3. The standard InChI is InChI=1S/C15H14N4OS/c1-10-6-8-21-12(10)9-16-18-15(20)14-11(2)17-13-5-3-4-7-19(13)14/h3-9H,1-2H3,(H,18,20)/b16-9+. The highest BCUT2D eigenvalue weighted by molar-refractivity contribution is 7.11. The number of hydrogen-bond donors (Lipinski definition) is 1. The van der Waals surface area contributed by atoms with Crippen molar-refractivity contribution in [2.45, 2.75) is 13.8 Å². The zero-order valence-electron chi connectivity index (χ0n) is 11.7. The highest BCUT2D eigenvalue weighted by Crippen LogP contribution is 2.13. The van der Waals surface area contributed by atoms with Gasteiger partial charge in [0.25, 0.3) is 5.91 Å². The fourth-order valence-corrected chi connectivity index (χ4v) is 2.89. The van der Waals surface area contributed by atoms with E-state index in [-0.39, 0.29) is 5.91 Å². The summed E-state index contributed by atoms with van der Waals surface area (Å²) < 4.78 is 1.76. The zero-order valence-corrected chi connectivity index (χ0v) is 12.5. The van der Waals surface area contributed by atoms with E-state index >= 15 is 0 Å². The van der Waals surface area contributed by atoms with Gasteiger partial charge in [0.15, 0.2) is 0 Å². The van der Waals surface area contributed by atoms with Crippen molar-refractivity contribution in [1.29, 1.82) is 0 Å². The number of aryl methyl sites for hydroxylation is 2. The van der Waals surface area contributed by atoms with Gasteiger partial charge in [-0.15, -0.1) is 11.3 Å². The van der Waals surface area contributed by atoms with Crippen LogP contribution < -0.4 is 5.43 Å². The van der Waals surface area contributed by atoms with Crippen LogP contribution in [0.3, 0.4) is 0 Å². The normalized spacial score (nSPS) is 11.3. The molecule has 3 heterocycles. The Bertz CT molecular complexity index is 831. The van der Waals surface area contributed by atoms with Gasteiger partial charge >= 0.3 is 0 Å². The van der Waals surface area contributed by atoms with Crippen LogP contribution in [0.1, 0.15) is 26.6 Å². The van der Waals surface area contributed by atoms with E-state index < -0.39 is 0 Å². The lowest BCUT2D eigenvalue weighted by molar-refractivity contribution is 0.0948. The predicted molar refractivity (Wildman–Crippen MR) is 84.0 cm³/mol. The molecule has 6 heteroatoms. The van der Waals surface area contributed by atoms with E-state index in [0.29, 0.717) is 11.4 Å². The third kappa shape index (κ3) is 2.57. The predicted octanol–water partition coefficient (Wildman–Crippen LogP) is 2.78. The SMILES string of the molecule is Cc1ccsc1/C=N/NC(=O)c1c(C)nc2ccccn12. The number of hydrazone groups is 1. The molecule has 0 bridgehead atoms. The molecule has 5 nitrogen and oxygen atoms in total.